The first-order chi connectivity index (χ1) is 3.93. The van der Waals surface area contributed by atoms with Crippen molar-refractivity contribution in [2.75, 3.05) is 20.1 Å². The summed E-state index contributed by atoms with van der Waals surface area (Å²) >= 11 is 0. The number of nitrogens with one attached hydrogen (secondary N) is 1. The Hall–Kier alpha value is 0.582. The monoisotopic (exact) mass is 300 g/mol. The van der Waals surface area contributed by atoms with E-state index in [1.807, 2.05) is 7.05 Å². The molecule has 1 radical (unpaired) electrons. The van der Waals surface area contributed by atoms with Crippen molar-refractivity contribution in [3.05, 3.63) is 5.32 Å². The summed E-state index contributed by atoms with van der Waals surface area (Å²) in [5.74, 6) is 0. The molecule has 9 heavy (non-hydrogen) atoms. The van der Waals surface area contributed by atoms with Crippen LogP contribution in [0.15, 0.2) is 0 Å². The fraction of sp³-hybridized carbons (Fsp3) is 1.00. The van der Waals surface area contributed by atoms with Crippen LogP contribution in [0.2, 0.25) is 0 Å². The smallest absolute Gasteiger partial charge is 0.00313 e. The number of rotatable bonds is 1. The van der Waals surface area contributed by atoms with E-state index < -0.39 is 0 Å². The van der Waals surface area contributed by atoms with Gasteiger partial charge < -0.3 is 10.6 Å². The SMILES string of the molecule is CNC1CC[N-]CC1.[Re]. The van der Waals surface area contributed by atoms with Gasteiger partial charge in [-0.2, -0.15) is 0 Å². The van der Waals surface area contributed by atoms with Crippen LogP contribution in [-0.4, -0.2) is 26.2 Å². The molecule has 0 amide bonds. The van der Waals surface area contributed by atoms with Gasteiger partial charge in [-0.1, -0.05) is 12.8 Å². The summed E-state index contributed by atoms with van der Waals surface area (Å²) in [5.41, 5.74) is 0. The van der Waals surface area contributed by atoms with Crippen LogP contribution < -0.4 is 5.32 Å². The Morgan fingerprint density at radius 3 is 2.22 bits per heavy atom. The Morgan fingerprint density at radius 1 is 1.33 bits per heavy atom. The van der Waals surface area contributed by atoms with Crippen molar-refractivity contribution in [1.82, 2.24) is 5.32 Å². The molecule has 0 aromatic rings. The number of hydrogen-bond donors (Lipinski definition) is 1. The molecule has 1 aliphatic rings. The second-order valence-electron chi connectivity index (χ2n) is 2.23. The predicted molar refractivity (Wildman–Crippen MR) is 35.2 cm³/mol. The molecule has 1 fully saturated rings. The summed E-state index contributed by atoms with van der Waals surface area (Å²) in [6.07, 6.45) is 2.47. The van der Waals surface area contributed by atoms with Crippen molar-refractivity contribution >= 4 is 0 Å². The summed E-state index contributed by atoms with van der Waals surface area (Å²) in [6.45, 7) is 2.12. The van der Waals surface area contributed by atoms with E-state index in [1.165, 1.54) is 12.8 Å². The van der Waals surface area contributed by atoms with E-state index in [1.54, 1.807) is 0 Å². The second kappa shape index (κ2) is 5.37. The van der Waals surface area contributed by atoms with Gasteiger partial charge in [0, 0.05) is 26.5 Å². The zero-order valence-electron chi connectivity index (χ0n) is 5.73. The summed E-state index contributed by atoms with van der Waals surface area (Å²) < 4.78 is 0. The number of hydrogen-bond acceptors (Lipinski definition) is 1. The van der Waals surface area contributed by atoms with Gasteiger partial charge in [-0.05, 0) is 7.05 Å². The molecule has 1 heterocycles. The minimum atomic E-state index is 0. The van der Waals surface area contributed by atoms with Crippen molar-refractivity contribution in [2.45, 2.75) is 18.9 Å². The third-order valence-electron chi connectivity index (χ3n) is 1.68. The van der Waals surface area contributed by atoms with Crippen LogP contribution in [0.4, 0.5) is 0 Å². The van der Waals surface area contributed by atoms with Gasteiger partial charge in [-0.3, -0.25) is 0 Å². The van der Waals surface area contributed by atoms with Crippen LogP contribution in [0.25, 0.3) is 5.32 Å². The van der Waals surface area contributed by atoms with Gasteiger partial charge in [-0.25, -0.2) is 0 Å². The second-order valence-corrected chi connectivity index (χ2v) is 2.23. The molecule has 2 nitrogen and oxygen atoms in total. The molecule has 0 unspecified atom stereocenters. The third-order valence-corrected chi connectivity index (χ3v) is 1.68. The Morgan fingerprint density at radius 2 is 1.89 bits per heavy atom. The Balaban J connectivity index is 0.000000640. The van der Waals surface area contributed by atoms with Crippen molar-refractivity contribution in [3.63, 3.8) is 0 Å². The van der Waals surface area contributed by atoms with Crippen molar-refractivity contribution in [2.24, 2.45) is 0 Å². The minimum absolute atomic E-state index is 0. The fourth-order valence-electron chi connectivity index (χ4n) is 1.04. The maximum Gasteiger partial charge on any atom is 0.00313 e. The molecule has 0 aliphatic carbocycles. The predicted octanol–water partition coefficient (Wildman–Crippen LogP) is 0.739. The van der Waals surface area contributed by atoms with E-state index in [-0.39, 0.29) is 20.4 Å². The largest absolute Gasteiger partial charge is 0.662 e. The van der Waals surface area contributed by atoms with Gasteiger partial charge in [0.1, 0.15) is 0 Å². The zero-order chi connectivity index (χ0) is 5.82. The first kappa shape index (κ1) is 9.58. The molecule has 0 spiro atoms. The van der Waals surface area contributed by atoms with Crippen LogP contribution in [-0.2, 0) is 20.4 Å². The summed E-state index contributed by atoms with van der Waals surface area (Å²) in [6, 6.07) is 0.743. The van der Waals surface area contributed by atoms with Gasteiger partial charge in [0.2, 0.25) is 0 Å². The third kappa shape index (κ3) is 3.32. The normalized spacial score (nSPS) is 21.0. The van der Waals surface area contributed by atoms with E-state index in [4.69, 9.17) is 0 Å². The van der Waals surface area contributed by atoms with Gasteiger partial charge >= 0.3 is 0 Å². The average Bonchev–Trinajstić information content (AvgIpc) is 1.90. The number of nitrogens with zero attached hydrogens (tertiary/aromatic N) is 1. The van der Waals surface area contributed by atoms with Crippen molar-refractivity contribution in [1.29, 1.82) is 0 Å². The standard InChI is InChI=1S/C6H13N2.Re/c1-7-6-2-4-8-5-3-6;/h6-7H,2-5H2,1H3;/q-1;. The molecule has 55 valence electrons. The van der Waals surface area contributed by atoms with Gasteiger partial charge in [-0.15, -0.1) is 13.1 Å². The molecule has 1 aliphatic heterocycles. The average molecular weight is 299 g/mol. The fourth-order valence-corrected chi connectivity index (χ4v) is 1.04. The van der Waals surface area contributed by atoms with Crippen LogP contribution >= 0.6 is 0 Å². The van der Waals surface area contributed by atoms with Gasteiger partial charge in [0.15, 0.2) is 0 Å². The van der Waals surface area contributed by atoms with Crippen LogP contribution in [0, 0.1) is 0 Å². The first-order valence-corrected chi connectivity index (χ1v) is 3.24. The van der Waals surface area contributed by atoms with Gasteiger partial charge in [0.25, 0.3) is 0 Å². The van der Waals surface area contributed by atoms with Crippen molar-refractivity contribution < 1.29 is 20.4 Å². The van der Waals surface area contributed by atoms with Crippen LogP contribution in [0.1, 0.15) is 12.8 Å². The summed E-state index contributed by atoms with van der Waals surface area (Å²) in [4.78, 5) is 0. The molecule has 3 heteroatoms. The Labute approximate surface area is 70.4 Å². The zero-order valence-corrected chi connectivity index (χ0v) is 8.45. The summed E-state index contributed by atoms with van der Waals surface area (Å²) in [7, 11) is 2.02. The molecule has 0 atom stereocenters. The molecule has 0 bridgehead atoms. The van der Waals surface area contributed by atoms with Crippen LogP contribution in [0.3, 0.4) is 0 Å². The maximum absolute atomic E-state index is 4.24. The van der Waals surface area contributed by atoms with E-state index >= 15 is 0 Å². The molecule has 1 rings (SSSR count). The minimum Gasteiger partial charge on any atom is -0.662 e. The van der Waals surface area contributed by atoms with Crippen LogP contribution in [0.5, 0.6) is 0 Å². The molecular formula is C6H13N2Re-. The molecule has 1 N–H and O–H groups in total. The van der Waals surface area contributed by atoms with E-state index in [0.717, 1.165) is 19.1 Å². The Bertz CT molecular complexity index is 62.1. The molecule has 0 aromatic carbocycles. The first-order valence-electron chi connectivity index (χ1n) is 3.24. The molecule has 0 saturated carbocycles. The van der Waals surface area contributed by atoms with Crippen molar-refractivity contribution in [3.8, 4) is 0 Å². The summed E-state index contributed by atoms with van der Waals surface area (Å²) in [5, 5.41) is 7.48. The maximum atomic E-state index is 4.24. The van der Waals surface area contributed by atoms with Gasteiger partial charge in [0.05, 0.1) is 0 Å². The Kier molecular flexibility index (Phi) is 5.72. The molecule has 0 aromatic heterocycles. The van der Waals surface area contributed by atoms with E-state index in [2.05, 4.69) is 10.6 Å². The quantitative estimate of drug-likeness (QED) is 0.759. The molecule has 1 saturated heterocycles. The topological polar surface area (TPSA) is 26.1 Å². The number of piperidine rings is 1. The molecular weight excluding hydrogens is 286 g/mol. The van der Waals surface area contributed by atoms with E-state index in [9.17, 15) is 0 Å². The van der Waals surface area contributed by atoms with E-state index in [0.29, 0.717) is 0 Å².